The molecule has 1 heterocycles. The van der Waals surface area contributed by atoms with Crippen molar-refractivity contribution in [3.63, 3.8) is 0 Å². The summed E-state index contributed by atoms with van der Waals surface area (Å²) in [5.74, 6) is 0.710. The molecule has 0 bridgehead atoms. The van der Waals surface area contributed by atoms with Crippen molar-refractivity contribution < 1.29 is 4.74 Å². The third-order valence-electron chi connectivity index (χ3n) is 2.91. The summed E-state index contributed by atoms with van der Waals surface area (Å²) in [4.78, 5) is 1.38. The fraction of sp³-hybridized carbons (Fsp3) is 0.286. The van der Waals surface area contributed by atoms with E-state index in [-0.39, 0.29) is 0 Å². The van der Waals surface area contributed by atoms with E-state index in [9.17, 15) is 0 Å². The Kier molecular flexibility index (Phi) is 4.10. The highest BCUT2D eigenvalue weighted by molar-refractivity contribution is 7.10. The monoisotopic (exact) mass is 262 g/mol. The minimum absolute atomic E-state index is 0.661. The molecule has 96 valence electrons. The molecule has 0 unspecified atom stereocenters. The van der Waals surface area contributed by atoms with Crippen LogP contribution in [0.4, 0.5) is 11.4 Å². The van der Waals surface area contributed by atoms with Gasteiger partial charge in [0.05, 0.1) is 12.8 Å². The zero-order valence-electron chi connectivity index (χ0n) is 10.7. The quantitative estimate of drug-likeness (QED) is 0.811. The molecule has 0 saturated heterocycles. The van der Waals surface area contributed by atoms with Gasteiger partial charge in [0.2, 0.25) is 0 Å². The van der Waals surface area contributed by atoms with Gasteiger partial charge in [0, 0.05) is 23.2 Å². The lowest BCUT2D eigenvalue weighted by molar-refractivity contribution is 0.417. The third kappa shape index (κ3) is 2.76. The highest BCUT2D eigenvalue weighted by atomic mass is 32.1. The molecule has 3 nitrogen and oxygen atoms in total. The first-order chi connectivity index (χ1) is 8.74. The van der Waals surface area contributed by atoms with E-state index in [1.54, 1.807) is 18.4 Å². The number of thiophene rings is 1. The van der Waals surface area contributed by atoms with Gasteiger partial charge in [0.15, 0.2) is 0 Å². The summed E-state index contributed by atoms with van der Waals surface area (Å²) < 4.78 is 5.21. The van der Waals surface area contributed by atoms with E-state index in [0.717, 1.165) is 18.7 Å². The topological polar surface area (TPSA) is 47.3 Å². The Balaban J connectivity index is 2.06. The van der Waals surface area contributed by atoms with Crippen LogP contribution in [0, 0.1) is 0 Å². The molecule has 0 aliphatic heterocycles. The van der Waals surface area contributed by atoms with Crippen LogP contribution in [0.25, 0.3) is 0 Å². The summed E-state index contributed by atoms with van der Waals surface area (Å²) in [6.07, 6.45) is 1.07. The Morgan fingerprint density at radius 3 is 2.89 bits per heavy atom. The standard InChI is InChI=1S/C14H18N2OS/c1-3-10-6-7-18-14(10)9-16-11-4-5-12(15)13(8-11)17-2/h4-8,16H,3,9,15H2,1-2H3. The lowest BCUT2D eigenvalue weighted by atomic mass is 10.2. The first kappa shape index (κ1) is 12.8. The zero-order chi connectivity index (χ0) is 13.0. The largest absolute Gasteiger partial charge is 0.495 e. The number of anilines is 2. The van der Waals surface area contributed by atoms with E-state index < -0.39 is 0 Å². The Morgan fingerprint density at radius 2 is 2.17 bits per heavy atom. The molecule has 0 atom stereocenters. The predicted octanol–water partition coefficient (Wildman–Crippen LogP) is 3.51. The normalized spacial score (nSPS) is 10.3. The van der Waals surface area contributed by atoms with Crippen molar-refractivity contribution in [3.05, 3.63) is 40.1 Å². The first-order valence-corrected chi connectivity index (χ1v) is 6.85. The summed E-state index contributed by atoms with van der Waals surface area (Å²) in [5, 5.41) is 5.54. The highest BCUT2D eigenvalue weighted by Crippen LogP contribution is 2.26. The minimum atomic E-state index is 0.661. The average molecular weight is 262 g/mol. The van der Waals surface area contributed by atoms with E-state index in [1.807, 2.05) is 18.2 Å². The smallest absolute Gasteiger partial charge is 0.143 e. The van der Waals surface area contributed by atoms with Gasteiger partial charge in [-0.1, -0.05) is 6.92 Å². The molecule has 0 fully saturated rings. The summed E-state index contributed by atoms with van der Waals surface area (Å²) in [6.45, 7) is 3.02. The predicted molar refractivity (Wildman–Crippen MR) is 78.4 cm³/mol. The summed E-state index contributed by atoms with van der Waals surface area (Å²) >= 11 is 1.79. The van der Waals surface area contributed by atoms with E-state index in [4.69, 9.17) is 10.5 Å². The zero-order valence-corrected chi connectivity index (χ0v) is 11.5. The fourth-order valence-corrected chi connectivity index (χ4v) is 2.76. The van der Waals surface area contributed by atoms with Crippen LogP contribution in [0.5, 0.6) is 5.75 Å². The van der Waals surface area contributed by atoms with Gasteiger partial charge in [-0.05, 0) is 35.6 Å². The van der Waals surface area contributed by atoms with Crippen LogP contribution in [0.3, 0.4) is 0 Å². The van der Waals surface area contributed by atoms with E-state index >= 15 is 0 Å². The second-order valence-electron chi connectivity index (χ2n) is 4.03. The Morgan fingerprint density at radius 1 is 1.33 bits per heavy atom. The van der Waals surface area contributed by atoms with E-state index in [2.05, 4.69) is 23.7 Å². The number of methoxy groups -OCH3 is 1. The molecular formula is C14H18N2OS. The number of benzene rings is 1. The van der Waals surface area contributed by atoms with Crippen LogP contribution in [0.2, 0.25) is 0 Å². The van der Waals surface area contributed by atoms with Crippen LogP contribution in [-0.2, 0) is 13.0 Å². The summed E-state index contributed by atoms with van der Waals surface area (Å²) in [6, 6.07) is 7.94. The molecule has 18 heavy (non-hydrogen) atoms. The molecule has 0 aliphatic carbocycles. The number of hydrogen-bond acceptors (Lipinski definition) is 4. The second kappa shape index (κ2) is 5.78. The van der Waals surface area contributed by atoms with Crippen molar-refractivity contribution >= 4 is 22.7 Å². The SMILES string of the molecule is CCc1ccsc1CNc1ccc(N)c(OC)c1. The van der Waals surface area contributed by atoms with Crippen LogP contribution < -0.4 is 15.8 Å². The number of nitrogens with one attached hydrogen (secondary N) is 1. The van der Waals surface area contributed by atoms with Gasteiger partial charge in [-0.2, -0.15) is 0 Å². The number of nitrogen functional groups attached to an aromatic ring is 1. The molecule has 0 aliphatic rings. The van der Waals surface area contributed by atoms with Gasteiger partial charge in [-0.3, -0.25) is 0 Å². The number of aryl methyl sites for hydroxylation is 1. The van der Waals surface area contributed by atoms with Crippen molar-refractivity contribution in [2.45, 2.75) is 19.9 Å². The molecule has 0 radical (unpaired) electrons. The third-order valence-corrected chi connectivity index (χ3v) is 3.87. The average Bonchev–Trinajstić information content (AvgIpc) is 2.85. The molecule has 2 rings (SSSR count). The first-order valence-electron chi connectivity index (χ1n) is 5.97. The lowest BCUT2D eigenvalue weighted by Gasteiger charge is -2.10. The van der Waals surface area contributed by atoms with Gasteiger partial charge in [-0.25, -0.2) is 0 Å². The molecule has 4 heteroatoms. The van der Waals surface area contributed by atoms with Crippen molar-refractivity contribution in [1.82, 2.24) is 0 Å². The van der Waals surface area contributed by atoms with E-state index in [1.165, 1.54) is 10.4 Å². The summed E-state index contributed by atoms with van der Waals surface area (Å²) in [5.41, 5.74) is 8.88. The maximum absolute atomic E-state index is 5.79. The number of nitrogens with two attached hydrogens (primary N) is 1. The van der Waals surface area contributed by atoms with Crippen LogP contribution >= 0.6 is 11.3 Å². The van der Waals surface area contributed by atoms with Gasteiger partial charge in [-0.15, -0.1) is 11.3 Å². The van der Waals surface area contributed by atoms with Crippen molar-refractivity contribution in [2.24, 2.45) is 0 Å². The molecule has 0 amide bonds. The molecule has 2 aromatic rings. The van der Waals surface area contributed by atoms with Gasteiger partial charge in [0.1, 0.15) is 5.75 Å². The van der Waals surface area contributed by atoms with Crippen LogP contribution in [0.15, 0.2) is 29.6 Å². The Labute approximate surface area is 112 Å². The molecule has 0 spiro atoms. The van der Waals surface area contributed by atoms with Crippen molar-refractivity contribution in [3.8, 4) is 5.75 Å². The van der Waals surface area contributed by atoms with Gasteiger partial charge >= 0.3 is 0 Å². The Hall–Kier alpha value is -1.68. The van der Waals surface area contributed by atoms with Crippen LogP contribution in [-0.4, -0.2) is 7.11 Å². The molecule has 0 saturated carbocycles. The van der Waals surface area contributed by atoms with E-state index in [0.29, 0.717) is 11.4 Å². The summed E-state index contributed by atoms with van der Waals surface area (Å²) in [7, 11) is 1.63. The lowest BCUT2D eigenvalue weighted by Crippen LogP contribution is -2.01. The molecule has 1 aromatic carbocycles. The molecule has 3 N–H and O–H groups in total. The maximum Gasteiger partial charge on any atom is 0.143 e. The Bertz CT molecular complexity index is 522. The number of ether oxygens (including phenoxy) is 1. The van der Waals surface area contributed by atoms with Crippen molar-refractivity contribution in [2.75, 3.05) is 18.2 Å². The van der Waals surface area contributed by atoms with Crippen molar-refractivity contribution in [1.29, 1.82) is 0 Å². The maximum atomic E-state index is 5.79. The fourth-order valence-electron chi connectivity index (χ4n) is 1.84. The van der Waals surface area contributed by atoms with Gasteiger partial charge in [0.25, 0.3) is 0 Å². The number of rotatable bonds is 5. The van der Waals surface area contributed by atoms with Gasteiger partial charge < -0.3 is 15.8 Å². The minimum Gasteiger partial charge on any atom is -0.495 e. The highest BCUT2D eigenvalue weighted by Gasteiger charge is 2.04. The van der Waals surface area contributed by atoms with Crippen LogP contribution in [0.1, 0.15) is 17.4 Å². The molecular weight excluding hydrogens is 244 g/mol. The number of hydrogen-bond donors (Lipinski definition) is 2. The molecule has 1 aromatic heterocycles. The second-order valence-corrected chi connectivity index (χ2v) is 5.03.